The molecule has 3 heterocycles. The van der Waals surface area contributed by atoms with Gasteiger partial charge in [-0.25, -0.2) is 23.0 Å². The summed E-state index contributed by atoms with van der Waals surface area (Å²) >= 11 is 0. The minimum absolute atomic E-state index is 0.167. The first-order chi connectivity index (χ1) is 20.3. The van der Waals surface area contributed by atoms with Crippen molar-refractivity contribution in [1.82, 2.24) is 30.8 Å². The fraction of sp³-hybridized carbons (Fsp3) is 0.552. The number of nitrogens with zero attached hydrogens (tertiary/aromatic N) is 3. The quantitative estimate of drug-likeness (QED) is 0.261. The molecule has 1 saturated heterocycles. The van der Waals surface area contributed by atoms with Crippen LogP contribution in [0.2, 0.25) is 0 Å². The van der Waals surface area contributed by atoms with Crippen LogP contribution < -0.4 is 21.3 Å². The molecule has 236 valence electrons. The van der Waals surface area contributed by atoms with Crippen molar-refractivity contribution in [1.29, 1.82) is 0 Å². The molecule has 43 heavy (non-hydrogen) atoms. The van der Waals surface area contributed by atoms with E-state index in [4.69, 9.17) is 4.74 Å². The Morgan fingerprint density at radius 3 is 2.37 bits per heavy atom. The Morgan fingerprint density at radius 2 is 1.72 bits per heavy atom. The summed E-state index contributed by atoms with van der Waals surface area (Å²) in [4.78, 5) is 47.3. The molecule has 0 aromatic carbocycles. The zero-order valence-electron chi connectivity index (χ0n) is 25.4. The highest BCUT2D eigenvalue weighted by Gasteiger charge is 2.21. The van der Waals surface area contributed by atoms with Crippen molar-refractivity contribution in [2.24, 2.45) is 0 Å². The number of urea groups is 1. The number of sulfone groups is 1. The Labute approximate surface area is 253 Å². The molecule has 1 aliphatic heterocycles. The third-order valence-electron chi connectivity index (χ3n) is 6.59. The Kier molecular flexibility index (Phi) is 12.2. The zero-order chi connectivity index (χ0) is 31.5. The number of rotatable bonds is 12. The highest BCUT2D eigenvalue weighted by Crippen LogP contribution is 2.12. The summed E-state index contributed by atoms with van der Waals surface area (Å²) in [6, 6.07) is 6.74. The maximum absolute atomic E-state index is 12.6. The van der Waals surface area contributed by atoms with Gasteiger partial charge in [0, 0.05) is 51.2 Å². The van der Waals surface area contributed by atoms with E-state index in [-0.39, 0.29) is 30.0 Å². The molecule has 4 amide bonds. The van der Waals surface area contributed by atoms with Gasteiger partial charge in [0.1, 0.15) is 11.4 Å². The topological polar surface area (TPSA) is 172 Å². The van der Waals surface area contributed by atoms with Gasteiger partial charge in [-0.2, -0.15) is 0 Å². The summed E-state index contributed by atoms with van der Waals surface area (Å²) < 4.78 is 28.3. The number of aryl methyl sites for hydroxylation is 2. The lowest BCUT2D eigenvalue weighted by Crippen LogP contribution is -2.43. The predicted octanol–water partition coefficient (Wildman–Crippen LogP) is 2.41. The molecule has 14 heteroatoms. The maximum atomic E-state index is 12.6. The maximum Gasteiger partial charge on any atom is 0.413 e. The van der Waals surface area contributed by atoms with Crippen LogP contribution in [0.15, 0.2) is 30.5 Å². The first kappa shape index (κ1) is 33.7. The molecular weight excluding hydrogens is 574 g/mol. The smallest absolute Gasteiger partial charge is 0.413 e. The molecule has 4 N–H and O–H groups in total. The van der Waals surface area contributed by atoms with Gasteiger partial charge in [-0.1, -0.05) is 6.07 Å². The predicted molar refractivity (Wildman–Crippen MR) is 164 cm³/mol. The zero-order valence-corrected chi connectivity index (χ0v) is 26.2. The summed E-state index contributed by atoms with van der Waals surface area (Å²) in [5.41, 5.74) is 2.23. The Bertz CT molecular complexity index is 1350. The van der Waals surface area contributed by atoms with E-state index in [1.54, 1.807) is 52.1 Å². The number of carbonyl (C=O) groups excluding carboxylic acids is 3. The van der Waals surface area contributed by atoms with Gasteiger partial charge in [-0.15, -0.1) is 0 Å². The summed E-state index contributed by atoms with van der Waals surface area (Å²) in [6.07, 6.45) is 3.29. The van der Waals surface area contributed by atoms with Crippen molar-refractivity contribution in [2.75, 3.05) is 49.5 Å². The number of aromatic nitrogens is 2. The molecular formula is C29H43N7O6S. The number of carbonyl (C=O) groups is 3. The molecule has 0 unspecified atom stereocenters. The molecule has 2 aromatic rings. The summed E-state index contributed by atoms with van der Waals surface area (Å²) in [5.74, 6) is 0.498. The molecule has 0 bridgehead atoms. The van der Waals surface area contributed by atoms with E-state index in [2.05, 4.69) is 31.2 Å². The lowest BCUT2D eigenvalue weighted by molar-refractivity contribution is 0.0635. The van der Waals surface area contributed by atoms with Crippen molar-refractivity contribution in [3.63, 3.8) is 0 Å². The van der Waals surface area contributed by atoms with Crippen LogP contribution >= 0.6 is 0 Å². The van der Waals surface area contributed by atoms with Crippen LogP contribution in [0.4, 0.5) is 15.4 Å². The molecule has 13 nitrogen and oxygen atoms in total. The third kappa shape index (κ3) is 12.5. The first-order valence-corrected chi connectivity index (χ1v) is 16.3. The molecule has 0 radical (unpaired) electrons. The third-order valence-corrected chi connectivity index (χ3v) is 8.20. The number of unbranched alkanes of at least 4 members (excludes halogenated alkanes) is 1. The molecule has 3 rings (SSSR count). The van der Waals surface area contributed by atoms with Crippen molar-refractivity contribution < 1.29 is 27.5 Å². The van der Waals surface area contributed by atoms with Crippen molar-refractivity contribution in [2.45, 2.75) is 59.1 Å². The van der Waals surface area contributed by atoms with Crippen LogP contribution in [0.1, 0.15) is 60.9 Å². The number of nitrogens with one attached hydrogen (secondary N) is 4. The van der Waals surface area contributed by atoms with Gasteiger partial charge in [-0.3, -0.25) is 20.0 Å². The molecule has 0 saturated carbocycles. The molecule has 0 atom stereocenters. The molecule has 2 aromatic heterocycles. The van der Waals surface area contributed by atoms with E-state index in [0.29, 0.717) is 49.8 Å². The number of amides is 4. The second-order valence-corrected chi connectivity index (χ2v) is 13.7. The minimum Gasteiger partial charge on any atom is -0.444 e. The lowest BCUT2D eigenvalue weighted by atomic mass is 10.1. The average Bonchev–Trinajstić information content (AvgIpc) is 2.92. The number of ether oxygens (including phenoxy) is 1. The molecule has 0 spiro atoms. The van der Waals surface area contributed by atoms with Crippen molar-refractivity contribution in [3.8, 4) is 0 Å². The van der Waals surface area contributed by atoms with Gasteiger partial charge in [0.05, 0.1) is 22.8 Å². The number of hydrogen-bond donors (Lipinski definition) is 4. The number of anilines is 1. The Morgan fingerprint density at radius 1 is 0.977 bits per heavy atom. The second-order valence-electron chi connectivity index (χ2n) is 11.4. The SMILES string of the molecule is Cc1nc(CCCCNC(=O)NCc2ccc(NC(=O)OC(C)(C)C)nc2)ccc1C(=O)NCCN1CCS(=O)(=O)CC1. The van der Waals surface area contributed by atoms with E-state index in [1.165, 1.54) is 0 Å². The molecule has 1 aliphatic rings. The number of pyridine rings is 2. The molecule has 0 aliphatic carbocycles. The summed E-state index contributed by atoms with van der Waals surface area (Å²) in [6.45, 7) is 9.98. The van der Waals surface area contributed by atoms with Crippen molar-refractivity contribution >= 4 is 33.7 Å². The van der Waals surface area contributed by atoms with Gasteiger partial charge in [-0.05, 0) is 70.7 Å². The van der Waals surface area contributed by atoms with Crippen LogP contribution in [0.5, 0.6) is 0 Å². The van der Waals surface area contributed by atoms with Gasteiger partial charge < -0.3 is 20.7 Å². The van der Waals surface area contributed by atoms with E-state index in [1.807, 2.05) is 11.0 Å². The minimum atomic E-state index is -2.92. The summed E-state index contributed by atoms with van der Waals surface area (Å²) in [5, 5.41) is 11.1. The fourth-order valence-corrected chi connectivity index (χ4v) is 5.55. The highest BCUT2D eigenvalue weighted by molar-refractivity contribution is 7.91. The normalized spacial score (nSPS) is 14.9. The lowest BCUT2D eigenvalue weighted by Gasteiger charge is -2.26. The Balaban J connectivity index is 1.28. The fourth-order valence-electron chi connectivity index (χ4n) is 4.28. The Hall–Kier alpha value is -3.78. The van der Waals surface area contributed by atoms with Crippen molar-refractivity contribution in [3.05, 3.63) is 53.0 Å². The highest BCUT2D eigenvalue weighted by atomic mass is 32.2. The van der Waals surface area contributed by atoms with Crippen LogP contribution in [0, 0.1) is 6.92 Å². The number of hydrogen-bond acceptors (Lipinski definition) is 9. The van der Waals surface area contributed by atoms with Crippen LogP contribution in [0.3, 0.4) is 0 Å². The molecule has 1 fully saturated rings. The van der Waals surface area contributed by atoms with Gasteiger partial charge in [0.25, 0.3) is 5.91 Å². The summed E-state index contributed by atoms with van der Waals surface area (Å²) in [7, 11) is -2.92. The second kappa shape index (κ2) is 15.6. The largest absolute Gasteiger partial charge is 0.444 e. The van der Waals surface area contributed by atoms with Gasteiger partial charge in [0.15, 0.2) is 9.84 Å². The van der Waals surface area contributed by atoms with E-state index in [9.17, 15) is 22.8 Å². The van der Waals surface area contributed by atoms with E-state index in [0.717, 1.165) is 30.5 Å². The monoisotopic (exact) mass is 617 g/mol. The standard InChI is InChI=1S/C29H43N7O6S/c1-21-24(26(37)30-13-14-36-15-17-43(40,41)18-16-36)10-9-23(34-21)7-5-6-12-31-27(38)33-20-22-8-11-25(32-19-22)35-28(39)42-29(2,3)4/h8-11,19H,5-7,12-18,20H2,1-4H3,(H,30,37)(H2,31,33,38)(H,32,35,39). The van der Waals surface area contributed by atoms with E-state index >= 15 is 0 Å². The van der Waals surface area contributed by atoms with Gasteiger partial charge in [0.2, 0.25) is 0 Å². The first-order valence-electron chi connectivity index (χ1n) is 14.4. The van der Waals surface area contributed by atoms with Crippen LogP contribution in [0.25, 0.3) is 0 Å². The van der Waals surface area contributed by atoms with E-state index < -0.39 is 21.5 Å². The van der Waals surface area contributed by atoms with Crippen LogP contribution in [-0.2, 0) is 27.5 Å². The van der Waals surface area contributed by atoms with Gasteiger partial charge >= 0.3 is 12.1 Å². The average molecular weight is 618 g/mol. The van der Waals surface area contributed by atoms with Crippen LogP contribution in [-0.4, -0.2) is 91.1 Å².